The second-order valence-electron chi connectivity index (χ2n) is 17.9. The zero-order valence-electron chi connectivity index (χ0n) is 35.4. The molecule has 322 valence electrons. The lowest BCUT2D eigenvalue weighted by Gasteiger charge is -2.36. The number of benzene rings is 3. The lowest BCUT2D eigenvalue weighted by molar-refractivity contribution is -0.0684. The number of nitrogens with one attached hydrogen (secondary N) is 1. The molecule has 1 atom stereocenters. The standard InChI is InChI=1S/C46H44F2N10O5/c1-25-18-29(19-26(2)38(25)47)58-40(57-16-15-56(44(57)61)36-7-6-35-31(39(36)48)23-49-53(35)5)32-24-54(13-9-34(32)51-58)41(59)30-20-27-8-14-55(28-10-17-62-45(3,4)22-28)37(27)21-33(30)46(11-12-46)42-50-43(60)63-52-42/h6-8,14-16,18-21,23,28H,9-13,17,22,24H2,1-5H3,(H,50,52,60)/t28-/m0/s1. The van der Waals surface area contributed by atoms with Gasteiger partial charge in [0.15, 0.2) is 11.6 Å². The Hall–Kier alpha value is -6.88. The lowest BCUT2D eigenvalue weighted by Crippen LogP contribution is -2.37. The molecule has 11 rings (SSSR count). The summed E-state index contributed by atoms with van der Waals surface area (Å²) < 4.78 is 50.2. The van der Waals surface area contributed by atoms with Crippen LogP contribution in [-0.2, 0) is 30.2 Å². The second-order valence-corrected chi connectivity index (χ2v) is 17.9. The van der Waals surface area contributed by atoms with Crippen LogP contribution < -0.4 is 11.4 Å². The van der Waals surface area contributed by atoms with Crippen LogP contribution in [0.25, 0.3) is 39.0 Å². The predicted molar refractivity (Wildman–Crippen MR) is 228 cm³/mol. The van der Waals surface area contributed by atoms with Crippen LogP contribution in [0, 0.1) is 25.5 Å². The van der Waals surface area contributed by atoms with Gasteiger partial charge in [0.2, 0.25) is 0 Å². The quantitative estimate of drug-likeness (QED) is 0.187. The van der Waals surface area contributed by atoms with Gasteiger partial charge in [-0.15, -0.1) is 0 Å². The Morgan fingerprint density at radius 2 is 1.73 bits per heavy atom. The van der Waals surface area contributed by atoms with Gasteiger partial charge < -0.3 is 14.2 Å². The van der Waals surface area contributed by atoms with Crippen molar-refractivity contribution in [2.24, 2.45) is 7.05 Å². The first-order valence-corrected chi connectivity index (χ1v) is 21.1. The number of nitrogens with zero attached hydrogens (tertiary/aromatic N) is 9. The number of rotatable bonds is 7. The van der Waals surface area contributed by atoms with Crippen LogP contribution in [-0.4, -0.2) is 73.0 Å². The van der Waals surface area contributed by atoms with E-state index in [1.165, 1.54) is 21.5 Å². The molecular formula is C46H44F2N10O5. The predicted octanol–water partition coefficient (Wildman–Crippen LogP) is 6.64. The van der Waals surface area contributed by atoms with Crippen molar-refractivity contribution in [2.45, 2.75) is 83.4 Å². The number of H-pyrrole nitrogens is 1. The van der Waals surface area contributed by atoms with E-state index in [9.17, 15) is 9.59 Å². The molecule has 63 heavy (non-hydrogen) atoms. The molecule has 3 aromatic carbocycles. The largest absolute Gasteiger partial charge is 0.438 e. The first kappa shape index (κ1) is 39.0. The maximum Gasteiger partial charge on any atom is 0.438 e. The average molecular weight is 855 g/mol. The molecule has 1 saturated heterocycles. The Balaban J connectivity index is 1.04. The van der Waals surface area contributed by atoms with E-state index in [1.54, 1.807) is 65.6 Å². The van der Waals surface area contributed by atoms with Gasteiger partial charge in [0.25, 0.3) is 5.91 Å². The van der Waals surface area contributed by atoms with E-state index in [0.29, 0.717) is 83.2 Å². The van der Waals surface area contributed by atoms with Gasteiger partial charge in [-0.1, -0.05) is 5.16 Å². The smallest absolute Gasteiger partial charge is 0.375 e. The highest BCUT2D eigenvalue weighted by Crippen LogP contribution is 2.54. The van der Waals surface area contributed by atoms with Gasteiger partial charge in [-0.2, -0.15) is 10.2 Å². The van der Waals surface area contributed by atoms with Crippen LogP contribution in [0.3, 0.4) is 0 Å². The number of hydrogen-bond acceptors (Lipinski definition) is 8. The summed E-state index contributed by atoms with van der Waals surface area (Å²) in [5.74, 6) is -1.11. The zero-order valence-corrected chi connectivity index (χ0v) is 35.4. The summed E-state index contributed by atoms with van der Waals surface area (Å²) in [5.41, 5.74) is 3.83. The van der Waals surface area contributed by atoms with Crippen LogP contribution in [0.4, 0.5) is 8.78 Å². The van der Waals surface area contributed by atoms with Gasteiger partial charge in [-0.05, 0) is 113 Å². The Morgan fingerprint density at radius 3 is 2.46 bits per heavy atom. The molecule has 15 nitrogen and oxygen atoms in total. The SMILES string of the molecule is Cc1cc(-n2nc3c(c2-n2ccn(-c4ccc5c(cnn5C)c4F)c2=O)CN(C(=O)c2cc4ccn([C@H]5CCOC(C)(C)C5)c4cc2C2(c4noc(=O)[nH]4)CC2)CC3)cc(C)c1F. The van der Waals surface area contributed by atoms with E-state index in [-0.39, 0.29) is 41.0 Å². The zero-order chi connectivity index (χ0) is 43.7. The molecule has 7 heterocycles. The molecular weight excluding hydrogens is 811 g/mol. The number of carbonyl (C=O) groups excluding carboxylic acids is 1. The van der Waals surface area contributed by atoms with E-state index in [1.807, 2.05) is 12.1 Å². The van der Waals surface area contributed by atoms with E-state index in [4.69, 9.17) is 14.4 Å². The summed E-state index contributed by atoms with van der Waals surface area (Å²) in [7, 11) is 1.72. The Labute approximate surface area is 358 Å². The second kappa shape index (κ2) is 13.8. The molecule has 17 heteroatoms. The molecule has 5 aromatic heterocycles. The maximum atomic E-state index is 16.0. The van der Waals surface area contributed by atoms with E-state index in [0.717, 1.165) is 29.3 Å². The molecule has 3 aliphatic rings. The molecule has 8 aromatic rings. The van der Waals surface area contributed by atoms with Crippen molar-refractivity contribution in [3.8, 4) is 17.2 Å². The Kier molecular flexibility index (Phi) is 8.55. The fraction of sp³-hybridized carbons (Fsp3) is 0.348. The van der Waals surface area contributed by atoms with Crippen LogP contribution in [0.2, 0.25) is 0 Å². The average Bonchev–Trinajstić information content (AvgIpc) is 3.71. The molecule has 2 aliphatic heterocycles. The number of amides is 1. The number of halogens is 2. The van der Waals surface area contributed by atoms with Crippen molar-refractivity contribution in [2.75, 3.05) is 13.2 Å². The Morgan fingerprint density at radius 1 is 0.952 bits per heavy atom. The van der Waals surface area contributed by atoms with Crippen LogP contribution in [0.1, 0.15) is 89.7 Å². The number of aromatic amines is 1. The minimum atomic E-state index is -0.741. The van der Waals surface area contributed by atoms with Gasteiger partial charge in [0.1, 0.15) is 11.6 Å². The molecule has 0 spiro atoms. The van der Waals surface area contributed by atoms with Crippen LogP contribution in [0.5, 0.6) is 0 Å². The fourth-order valence-corrected chi connectivity index (χ4v) is 9.99. The molecule has 1 amide bonds. The molecule has 0 unspecified atom stereocenters. The van der Waals surface area contributed by atoms with E-state index >= 15 is 13.6 Å². The first-order chi connectivity index (χ1) is 30.2. The summed E-state index contributed by atoms with van der Waals surface area (Å²) in [6, 6.07) is 12.8. The number of carbonyl (C=O) groups is 1. The van der Waals surface area contributed by atoms with Crippen molar-refractivity contribution in [3.63, 3.8) is 0 Å². The van der Waals surface area contributed by atoms with Crippen molar-refractivity contribution < 1.29 is 22.8 Å². The van der Waals surface area contributed by atoms with Gasteiger partial charge in [0, 0.05) is 73.3 Å². The number of aromatic nitrogens is 9. The number of imidazole rings is 1. The summed E-state index contributed by atoms with van der Waals surface area (Å²) in [6.07, 6.45) is 9.87. The van der Waals surface area contributed by atoms with E-state index in [2.05, 4.69) is 45.9 Å². The highest BCUT2D eigenvalue weighted by Gasteiger charge is 2.52. The van der Waals surface area contributed by atoms with Crippen molar-refractivity contribution >= 4 is 27.7 Å². The number of aryl methyl sites for hydroxylation is 3. The third-order valence-electron chi connectivity index (χ3n) is 13.4. The molecule has 0 bridgehead atoms. The highest BCUT2D eigenvalue weighted by atomic mass is 19.1. The van der Waals surface area contributed by atoms with Crippen molar-refractivity contribution in [1.82, 2.24) is 48.3 Å². The molecule has 1 N–H and O–H groups in total. The summed E-state index contributed by atoms with van der Waals surface area (Å²) in [4.78, 5) is 46.6. The minimum Gasteiger partial charge on any atom is -0.375 e. The molecule has 0 radical (unpaired) electrons. The highest BCUT2D eigenvalue weighted by molar-refractivity contribution is 6.01. The van der Waals surface area contributed by atoms with Gasteiger partial charge in [-0.3, -0.25) is 28.1 Å². The van der Waals surface area contributed by atoms with Crippen LogP contribution in [0.15, 0.2) is 81.4 Å². The summed E-state index contributed by atoms with van der Waals surface area (Å²) in [6.45, 7) is 8.58. The third kappa shape index (κ3) is 6.07. The van der Waals surface area contributed by atoms with Gasteiger partial charge in [-0.25, -0.2) is 23.1 Å². The monoisotopic (exact) mass is 854 g/mol. The van der Waals surface area contributed by atoms with Crippen molar-refractivity contribution in [1.29, 1.82) is 0 Å². The van der Waals surface area contributed by atoms with E-state index < -0.39 is 22.7 Å². The van der Waals surface area contributed by atoms with Gasteiger partial charge in [0.05, 0.1) is 51.7 Å². The molecule has 1 saturated carbocycles. The van der Waals surface area contributed by atoms with Crippen LogP contribution >= 0.6 is 0 Å². The summed E-state index contributed by atoms with van der Waals surface area (Å²) >= 11 is 0. The number of fused-ring (bicyclic) bond motifs is 3. The minimum absolute atomic E-state index is 0.0456. The third-order valence-corrected chi connectivity index (χ3v) is 13.4. The number of hydrogen-bond donors (Lipinski definition) is 1. The molecule has 1 aliphatic carbocycles. The normalized spacial score (nSPS) is 18.1. The Bertz CT molecular complexity index is 3300. The number of ether oxygens (including phenoxy) is 1. The van der Waals surface area contributed by atoms with Crippen molar-refractivity contribution in [3.05, 3.63) is 139 Å². The summed E-state index contributed by atoms with van der Waals surface area (Å²) in [5, 5.41) is 14.5. The maximum absolute atomic E-state index is 16.0. The van der Waals surface area contributed by atoms with Gasteiger partial charge >= 0.3 is 11.4 Å². The fourth-order valence-electron chi connectivity index (χ4n) is 9.99. The molecule has 2 fully saturated rings. The topological polar surface area (TPSA) is 156 Å². The first-order valence-electron chi connectivity index (χ1n) is 21.1. The lowest BCUT2D eigenvalue weighted by atomic mass is 9.88.